The molecule has 0 saturated heterocycles. The van der Waals surface area contributed by atoms with Crippen molar-refractivity contribution in [3.05, 3.63) is 0 Å². The Kier molecular flexibility index (Phi) is 12.8. The molecule has 0 saturated carbocycles. The van der Waals surface area contributed by atoms with E-state index in [4.69, 9.17) is 15.9 Å². The van der Waals surface area contributed by atoms with Gasteiger partial charge in [-0.15, -0.1) is 0 Å². The van der Waals surface area contributed by atoms with Crippen molar-refractivity contribution in [2.75, 3.05) is 5.75 Å². The van der Waals surface area contributed by atoms with Crippen molar-refractivity contribution in [2.24, 2.45) is 11.7 Å². The summed E-state index contributed by atoms with van der Waals surface area (Å²) in [5.41, 5.74) is 5.85. The number of nitrogens with two attached hydrogens (primary N) is 1. The van der Waals surface area contributed by atoms with Gasteiger partial charge in [0.1, 0.15) is 12.1 Å². The zero-order valence-corrected chi connectivity index (χ0v) is 18.6. The van der Waals surface area contributed by atoms with Gasteiger partial charge in [-0.2, -0.15) is 12.6 Å². The quantitative estimate of drug-likeness (QED) is 0.134. The van der Waals surface area contributed by atoms with E-state index in [9.17, 15) is 29.1 Å². The fourth-order valence-corrected chi connectivity index (χ4v) is 2.68. The number of carbonyl (C=O) groups excluding carboxylic acids is 3. The highest BCUT2D eigenvalue weighted by Crippen LogP contribution is 2.07. The van der Waals surface area contributed by atoms with Gasteiger partial charge >= 0.3 is 11.9 Å². The molecule has 13 heteroatoms. The summed E-state index contributed by atoms with van der Waals surface area (Å²) in [5, 5.41) is 34.2. The monoisotopic (exact) mass is 464 g/mol. The van der Waals surface area contributed by atoms with Crippen LogP contribution in [-0.4, -0.2) is 81.0 Å². The lowest BCUT2D eigenvalue weighted by atomic mass is 9.98. The number of hydrogen-bond acceptors (Lipinski definition) is 8. The van der Waals surface area contributed by atoms with Crippen LogP contribution in [0.4, 0.5) is 0 Å². The summed E-state index contributed by atoms with van der Waals surface area (Å²) in [6.45, 7) is 4.75. The van der Waals surface area contributed by atoms with Gasteiger partial charge in [0.05, 0.1) is 12.1 Å². The molecule has 0 aromatic rings. The van der Waals surface area contributed by atoms with Gasteiger partial charge in [-0.1, -0.05) is 20.3 Å². The fraction of sp³-hybridized carbons (Fsp3) is 0.722. The van der Waals surface area contributed by atoms with E-state index in [0.717, 1.165) is 0 Å². The van der Waals surface area contributed by atoms with E-state index in [1.807, 2.05) is 6.92 Å². The molecule has 0 aromatic heterocycles. The van der Waals surface area contributed by atoms with Gasteiger partial charge in [-0.3, -0.25) is 19.2 Å². The SMILES string of the molecule is CCC(C)C(N)C(=O)NC(CCC(=O)O)C(=O)NC(CS)C(=O)NC(C(=O)O)C(C)O. The van der Waals surface area contributed by atoms with E-state index in [2.05, 4.69) is 28.6 Å². The smallest absolute Gasteiger partial charge is 0.328 e. The van der Waals surface area contributed by atoms with Crippen LogP contribution < -0.4 is 21.7 Å². The first-order chi connectivity index (χ1) is 14.3. The average molecular weight is 465 g/mol. The minimum atomic E-state index is -1.61. The number of carboxylic acids is 2. The molecule has 0 fully saturated rings. The number of nitrogens with one attached hydrogen (secondary N) is 3. The molecule has 0 aliphatic carbocycles. The summed E-state index contributed by atoms with van der Waals surface area (Å²) in [5.74, 6) is -5.50. The predicted molar refractivity (Wildman–Crippen MR) is 113 cm³/mol. The van der Waals surface area contributed by atoms with Crippen LogP contribution in [0, 0.1) is 5.92 Å². The van der Waals surface area contributed by atoms with Gasteiger partial charge in [0.25, 0.3) is 0 Å². The van der Waals surface area contributed by atoms with Gasteiger partial charge in [0.15, 0.2) is 6.04 Å². The van der Waals surface area contributed by atoms with Crippen molar-refractivity contribution in [1.82, 2.24) is 16.0 Å². The first-order valence-corrected chi connectivity index (χ1v) is 10.4. The van der Waals surface area contributed by atoms with Crippen molar-refractivity contribution in [1.29, 1.82) is 0 Å². The molecule has 12 nitrogen and oxygen atoms in total. The van der Waals surface area contributed by atoms with Crippen molar-refractivity contribution >= 4 is 42.3 Å². The Balaban J connectivity index is 5.34. The lowest BCUT2D eigenvalue weighted by Crippen LogP contribution is -2.59. The predicted octanol–water partition coefficient (Wildman–Crippen LogP) is -1.93. The third-order valence-electron chi connectivity index (χ3n) is 4.70. The number of amides is 3. The Bertz CT molecular complexity index is 660. The van der Waals surface area contributed by atoms with E-state index < -0.39 is 66.4 Å². The molecule has 0 aromatic carbocycles. The molecule has 31 heavy (non-hydrogen) atoms. The first kappa shape index (κ1) is 28.6. The summed E-state index contributed by atoms with van der Waals surface area (Å²) in [6, 6.07) is -5.12. The minimum absolute atomic E-state index is 0.187. The average Bonchev–Trinajstić information content (AvgIpc) is 2.70. The van der Waals surface area contributed by atoms with Crippen LogP contribution in [0.3, 0.4) is 0 Å². The van der Waals surface area contributed by atoms with Crippen molar-refractivity contribution in [2.45, 2.75) is 70.3 Å². The minimum Gasteiger partial charge on any atom is -0.481 e. The van der Waals surface area contributed by atoms with E-state index >= 15 is 0 Å². The summed E-state index contributed by atoms with van der Waals surface area (Å²) < 4.78 is 0. The third kappa shape index (κ3) is 9.98. The third-order valence-corrected chi connectivity index (χ3v) is 5.07. The summed E-state index contributed by atoms with van der Waals surface area (Å²) in [6.07, 6.45) is -1.48. The van der Waals surface area contributed by atoms with E-state index in [1.165, 1.54) is 6.92 Å². The van der Waals surface area contributed by atoms with E-state index in [-0.39, 0.29) is 18.1 Å². The maximum absolute atomic E-state index is 12.6. The molecule has 6 atom stereocenters. The molecule has 8 N–H and O–H groups in total. The summed E-state index contributed by atoms with van der Waals surface area (Å²) in [7, 11) is 0. The Morgan fingerprint density at radius 3 is 1.87 bits per heavy atom. The highest BCUT2D eigenvalue weighted by atomic mass is 32.1. The number of hydrogen-bond donors (Lipinski definition) is 8. The number of thiol groups is 1. The molecule has 6 unspecified atom stereocenters. The molecule has 0 radical (unpaired) electrons. The van der Waals surface area contributed by atoms with Gasteiger partial charge in [-0.25, -0.2) is 4.79 Å². The second-order valence-electron chi connectivity index (χ2n) is 7.21. The van der Waals surface area contributed by atoms with Gasteiger partial charge in [0.2, 0.25) is 17.7 Å². The molecule has 0 aliphatic heterocycles. The molecule has 0 rings (SSSR count). The van der Waals surface area contributed by atoms with E-state index in [1.54, 1.807) is 6.92 Å². The number of aliphatic hydroxyl groups is 1. The lowest BCUT2D eigenvalue weighted by molar-refractivity contribution is -0.145. The Morgan fingerprint density at radius 2 is 1.45 bits per heavy atom. The fourth-order valence-electron chi connectivity index (χ4n) is 2.43. The van der Waals surface area contributed by atoms with Crippen LogP contribution >= 0.6 is 12.6 Å². The highest BCUT2D eigenvalue weighted by molar-refractivity contribution is 7.80. The zero-order valence-electron chi connectivity index (χ0n) is 17.7. The zero-order chi connectivity index (χ0) is 24.3. The maximum atomic E-state index is 12.6. The Labute approximate surface area is 185 Å². The number of carboxylic acid groups (broad SMARTS) is 2. The first-order valence-electron chi connectivity index (χ1n) is 9.75. The van der Waals surface area contributed by atoms with Crippen LogP contribution in [0.15, 0.2) is 0 Å². The second kappa shape index (κ2) is 13.8. The van der Waals surface area contributed by atoms with Crippen LogP contribution in [0.25, 0.3) is 0 Å². The number of aliphatic hydroxyl groups excluding tert-OH is 1. The van der Waals surface area contributed by atoms with Gasteiger partial charge < -0.3 is 37.0 Å². The van der Waals surface area contributed by atoms with Crippen molar-refractivity contribution in [3.63, 3.8) is 0 Å². The van der Waals surface area contributed by atoms with E-state index in [0.29, 0.717) is 6.42 Å². The summed E-state index contributed by atoms with van der Waals surface area (Å²) in [4.78, 5) is 59.4. The Hall–Kier alpha value is -2.38. The summed E-state index contributed by atoms with van der Waals surface area (Å²) >= 11 is 3.96. The van der Waals surface area contributed by atoms with Crippen LogP contribution in [0.2, 0.25) is 0 Å². The molecule has 178 valence electrons. The topological polar surface area (TPSA) is 208 Å². The molecule has 0 bridgehead atoms. The van der Waals surface area contributed by atoms with Crippen LogP contribution in [0.1, 0.15) is 40.0 Å². The van der Waals surface area contributed by atoms with Crippen molar-refractivity contribution < 1.29 is 39.3 Å². The number of carbonyl (C=O) groups is 5. The molecule has 3 amide bonds. The van der Waals surface area contributed by atoms with Crippen LogP contribution in [-0.2, 0) is 24.0 Å². The normalized spacial score (nSPS) is 16.7. The molecular formula is C18H32N4O8S. The van der Waals surface area contributed by atoms with Gasteiger partial charge in [0, 0.05) is 12.2 Å². The number of rotatable bonds is 14. The molecule has 0 heterocycles. The highest BCUT2D eigenvalue weighted by Gasteiger charge is 2.32. The molecule has 0 aliphatic rings. The van der Waals surface area contributed by atoms with Crippen LogP contribution in [0.5, 0.6) is 0 Å². The second-order valence-corrected chi connectivity index (χ2v) is 7.58. The van der Waals surface area contributed by atoms with Gasteiger partial charge in [-0.05, 0) is 19.3 Å². The molecule has 0 spiro atoms. The lowest BCUT2D eigenvalue weighted by Gasteiger charge is -2.25. The maximum Gasteiger partial charge on any atom is 0.328 e. The van der Waals surface area contributed by atoms with Crippen molar-refractivity contribution in [3.8, 4) is 0 Å². The molecular weight excluding hydrogens is 432 g/mol. The Morgan fingerprint density at radius 1 is 0.935 bits per heavy atom. The standard InChI is InChI=1S/C18H32N4O8S/c1-4-8(2)13(19)17(28)20-10(5-6-12(24)25)15(26)21-11(7-31)16(27)22-14(9(3)23)18(29)30/h8-11,13-14,23,31H,4-7,19H2,1-3H3,(H,20,28)(H,21,26)(H,22,27)(H,24,25)(H,29,30). The number of aliphatic carboxylic acids is 2. The largest absolute Gasteiger partial charge is 0.481 e.